The zero-order valence-electron chi connectivity index (χ0n) is 12.7. The van der Waals surface area contributed by atoms with Crippen molar-refractivity contribution in [2.24, 2.45) is 0 Å². The maximum atomic E-state index is 13.1. The van der Waals surface area contributed by atoms with E-state index in [1.165, 1.54) is 25.1 Å². The number of carbonyl (C=O) groups excluding carboxylic acids is 1. The topological polar surface area (TPSA) is 60.4 Å². The molecule has 0 heterocycles. The van der Waals surface area contributed by atoms with Crippen molar-refractivity contribution in [1.29, 1.82) is 0 Å². The molecule has 0 aliphatic carbocycles. The highest BCUT2D eigenvalue weighted by Gasteiger charge is 2.14. The lowest BCUT2D eigenvalue weighted by Crippen LogP contribution is -2.12. The average Bonchev–Trinajstić information content (AvgIpc) is 2.45. The van der Waals surface area contributed by atoms with Crippen LogP contribution in [0.2, 0.25) is 0 Å². The predicted molar refractivity (Wildman–Crippen MR) is 85.1 cm³/mol. The van der Waals surface area contributed by atoms with Gasteiger partial charge in [0.05, 0.1) is 0 Å². The summed E-state index contributed by atoms with van der Waals surface area (Å²) in [6.45, 7) is 1.52. The molecule has 0 fully saturated rings. The molecule has 0 radical (unpaired) electrons. The minimum atomic E-state index is -3.86. The van der Waals surface area contributed by atoms with Gasteiger partial charge in [0, 0.05) is 6.42 Å². The first-order valence-electron chi connectivity index (χ1n) is 7.09. The Morgan fingerprint density at radius 3 is 2.39 bits per heavy atom. The van der Waals surface area contributed by atoms with Crippen LogP contribution >= 0.6 is 0 Å². The fraction of sp³-hybridized carbons (Fsp3) is 0.235. The maximum Gasteiger partial charge on any atom is 0.313 e. The Balaban J connectivity index is 2.01. The summed E-state index contributed by atoms with van der Waals surface area (Å²) in [6.07, 6.45) is 1.05. The number of rotatable bonds is 7. The molecule has 2 aromatic rings. The van der Waals surface area contributed by atoms with E-state index in [1.807, 2.05) is 0 Å². The Morgan fingerprint density at radius 1 is 1.09 bits per heavy atom. The number of carbonyl (C=O) groups is 1. The zero-order chi connectivity index (χ0) is 16.9. The van der Waals surface area contributed by atoms with Crippen molar-refractivity contribution in [2.45, 2.75) is 25.5 Å². The van der Waals surface area contributed by atoms with Crippen LogP contribution in [0.4, 0.5) is 4.39 Å². The number of hydrogen-bond acceptors (Lipinski definition) is 4. The van der Waals surface area contributed by atoms with E-state index in [1.54, 1.807) is 24.3 Å². The van der Waals surface area contributed by atoms with Crippen molar-refractivity contribution in [3.05, 3.63) is 65.5 Å². The molecule has 0 aliphatic heterocycles. The third-order valence-electron chi connectivity index (χ3n) is 3.14. The molecule has 0 spiro atoms. The van der Waals surface area contributed by atoms with E-state index in [9.17, 15) is 17.6 Å². The van der Waals surface area contributed by atoms with Crippen LogP contribution in [0.15, 0.2) is 48.5 Å². The summed E-state index contributed by atoms with van der Waals surface area (Å²) in [5.41, 5.74) is 1.25. The third-order valence-corrected chi connectivity index (χ3v) is 4.28. The first-order valence-corrected chi connectivity index (χ1v) is 8.67. The van der Waals surface area contributed by atoms with E-state index >= 15 is 0 Å². The third kappa shape index (κ3) is 5.83. The van der Waals surface area contributed by atoms with Crippen molar-refractivity contribution in [3.63, 3.8) is 0 Å². The molecule has 0 bridgehead atoms. The molecule has 6 heteroatoms. The number of hydrogen-bond donors (Lipinski definition) is 0. The number of benzene rings is 2. The van der Waals surface area contributed by atoms with Crippen LogP contribution in [0, 0.1) is 5.82 Å². The number of ketones is 1. The first-order chi connectivity index (χ1) is 10.8. The van der Waals surface area contributed by atoms with Crippen LogP contribution < -0.4 is 4.18 Å². The Bertz CT molecular complexity index is 782. The van der Waals surface area contributed by atoms with Gasteiger partial charge in [0.25, 0.3) is 0 Å². The predicted octanol–water partition coefficient (Wildman–Crippen LogP) is 3.26. The standard InChI is InChI=1S/C17H17FO4S/c1-13(19)5-6-14-7-9-17(10-8-14)22-23(20,21)12-15-3-2-4-16(18)11-15/h2-4,7-11H,5-6,12H2,1H3. The molecule has 122 valence electrons. The number of Topliss-reactive ketones (excluding diaryl/α,β-unsaturated/α-hetero) is 1. The molecule has 23 heavy (non-hydrogen) atoms. The minimum Gasteiger partial charge on any atom is -0.382 e. The van der Waals surface area contributed by atoms with E-state index in [2.05, 4.69) is 0 Å². The van der Waals surface area contributed by atoms with Crippen LogP contribution in [0.3, 0.4) is 0 Å². The first kappa shape index (κ1) is 17.1. The molecule has 2 rings (SSSR count). The van der Waals surface area contributed by atoms with Gasteiger partial charge in [0.15, 0.2) is 0 Å². The summed E-state index contributed by atoms with van der Waals surface area (Å²) < 4.78 is 42.1. The van der Waals surface area contributed by atoms with Gasteiger partial charge in [-0.05, 0) is 48.7 Å². The van der Waals surface area contributed by atoms with Crippen molar-refractivity contribution in [3.8, 4) is 5.75 Å². The summed E-state index contributed by atoms with van der Waals surface area (Å²) in [5, 5.41) is 0. The van der Waals surface area contributed by atoms with Crippen molar-refractivity contribution in [1.82, 2.24) is 0 Å². The lowest BCUT2D eigenvalue weighted by molar-refractivity contribution is -0.116. The van der Waals surface area contributed by atoms with Gasteiger partial charge in [0.1, 0.15) is 23.1 Å². The van der Waals surface area contributed by atoms with Crippen LogP contribution in [0.1, 0.15) is 24.5 Å². The second-order valence-electron chi connectivity index (χ2n) is 5.26. The zero-order valence-corrected chi connectivity index (χ0v) is 13.5. The van der Waals surface area contributed by atoms with Crippen LogP contribution in [0.5, 0.6) is 5.75 Å². The monoisotopic (exact) mass is 336 g/mol. The van der Waals surface area contributed by atoms with Gasteiger partial charge in [-0.3, -0.25) is 0 Å². The maximum absolute atomic E-state index is 13.1. The Hall–Kier alpha value is -2.21. The Labute approximate surface area is 135 Å². The van der Waals surface area contributed by atoms with Gasteiger partial charge in [-0.2, -0.15) is 8.42 Å². The Morgan fingerprint density at radius 2 is 1.78 bits per heavy atom. The molecular formula is C17H17FO4S. The van der Waals surface area contributed by atoms with E-state index in [-0.39, 0.29) is 11.5 Å². The number of aryl methyl sites for hydroxylation is 1. The van der Waals surface area contributed by atoms with E-state index in [0.29, 0.717) is 18.4 Å². The van der Waals surface area contributed by atoms with Crippen LogP contribution in [0.25, 0.3) is 0 Å². The van der Waals surface area contributed by atoms with Crippen LogP contribution in [-0.4, -0.2) is 14.2 Å². The van der Waals surface area contributed by atoms with E-state index < -0.39 is 21.7 Å². The lowest BCUT2D eigenvalue weighted by atomic mass is 10.1. The molecule has 0 unspecified atom stereocenters. The van der Waals surface area contributed by atoms with E-state index in [0.717, 1.165) is 11.6 Å². The SMILES string of the molecule is CC(=O)CCc1ccc(OS(=O)(=O)Cc2cccc(F)c2)cc1. The summed E-state index contributed by atoms with van der Waals surface area (Å²) in [4.78, 5) is 10.9. The largest absolute Gasteiger partial charge is 0.382 e. The van der Waals surface area contributed by atoms with Gasteiger partial charge >= 0.3 is 10.1 Å². The molecule has 4 nitrogen and oxygen atoms in total. The normalized spacial score (nSPS) is 11.2. The van der Waals surface area contributed by atoms with Gasteiger partial charge in [-0.25, -0.2) is 4.39 Å². The molecular weight excluding hydrogens is 319 g/mol. The summed E-state index contributed by atoms with van der Waals surface area (Å²) >= 11 is 0. The highest BCUT2D eigenvalue weighted by molar-refractivity contribution is 7.86. The Kier molecular flexibility index (Phi) is 5.50. The summed E-state index contributed by atoms with van der Waals surface area (Å²) in [6, 6.07) is 11.9. The van der Waals surface area contributed by atoms with Gasteiger partial charge < -0.3 is 8.98 Å². The number of halogens is 1. The molecule has 2 aromatic carbocycles. The fourth-order valence-electron chi connectivity index (χ4n) is 2.04. The van der Waals surface area contributed by atoms with Crippen LogP contribution in [-0.2, 0) is 27.1 Å². The minimum absolute atomic E-state index is 0.1000. The molecule has 0 aromatic heterocycles. The van der Waals surface area contributed by atoms with Gasteiger partial charge in [-0.15, -0.1) is 0 Å². The van der Waals surface area contributed by atoms with E-state index in [4.69, 9.17) is 4.18 Å². The molecule has 0 N–H and O–H groups in total. The highest BCUT2D eigenvalue weighted by atomic mass is 32.2. The second-order valence-corrected chi connectivity index (χ2v) is 6.83. The smallest absolute Gasteiger partial charge is 0.313 e. The van der Waals surface area contributed by atoms with Gasteiger partial charge in [-0.1, -0.05) is 24.3 Å². The molecule has 0 aliphatic rings. The molecule has 0 atom stereocenters. The van der Waals surface area contributed by atoms with Gasteiger partial charge in [0.2, 0.25) is 0 Å². The fourth-order valence-corrected chi connectivity index (χ4v) is 3.09. The molecule has 0 amide bonds. The quantitative estimate of drug-likeness (QED) is 0.728. The van der Waals surface area contributed by atoms with Crippen molar-refractivity contribution >= 4 is 15.9 Å². The molecule has 0 saturated carbocycles. The highest BCUT2D eigenvalue weighted by Crippen LogP contribution is 2.18. The summed E-state index contributed by atoms with van der Waals surface area (Å²) in [5.74, 6) is -0.611. The lowest BCUT2D eigenvalue weighted by Gasteiger charge is -2.08. The average molecular weight is 336 g/mol. The second kappa shape index (κ2) is 7.37. The molecule has 0 saturated heterocycles. The van der Waals surface area contributed by atoms with Crippen molar-refractivity contribution < 1.29 is 21.8 Å². The summed E-state index contributed by atoms with van der Waals surface area (Å²) in [7, 11) is -3.86. The van der Waals surface area contributed by atoms with Crippen molar-refractivity contribution in [2.75, 3.05) is 0 Å².